The van der Waals surface area contributed by atoms with Gasteiger partial charge in [0.1, 0.15) is 7.05 Å². The highest BCUT2D eigenvalue weighted by Crippen LogP contribution is 2.19. The molecule has 1 aromatic heterocycles. The van der Waals surface area contributed by atoms with Crippen molar-refractivity contribution >= 4 is 11.6 Å². The standard InChI is InChI=1S/C7H9ClNO/c1-9-4-3-6(8)7(5-9)10-2/h3-5H,1-2H3/q+1. The van der Waals surface area contributed by atoms with Crippen LogP contribution in [0.25, 0.3) is 0 Å². The number of nitrogens with zero attached hydrogens (tertiary/aromatic N) is 1. The Labute approximate surface area is 65.0 Å². The van der Waals surface area contributed by atoms with Crippen LogP contribution in [0.1, 0.15) is 0 Å². The van der Waals surface area contributed by atoms with Gasteiger partial charge in [-0.25, -0.2) is 4.57 Å². The minimum Gasteiger partial charge on any atom is -0.490 e. The van der Waals surface area contributed by atoms with Crippen molar-refractivity contribution in [1.29, 1.82) is 0 Å². The molecule has 0 fully saturated rings. The first kappa shape index (κ1) is 7.35. The number of pyridine rings is 1. The molecule has 0 aliphatic rings. The fourth-order valence-corrected chi connectivity index (χ4v) is 0.887. The Morgan fingerprint density at radius 1 is 1.60 bits per heavy atom. The molecule has 2 nitrogen and oxygen atoms in total. The molecule has 1 rings (SSSR count). The largest absolute Gasteiger partial charge is 0.490 e. The van der Waals surface area contributed by atoms with Crippen LogP contribution < -0.4 is 9.30 Å². The van der Waals surface area contributed by atoms with Crippen molar-refractivity contribution in [3.63, 3.8) is 0 Å². The number of rotatable bonds is 1. The molecule has 0 saturated carbocycles. The first-order valence-corrected chi connectivity index (χ1v) is 3.30. The molecule has 0 atom stereocenters. The predicted octanol–water partition coefficient (Wildman–Crippen LogP) is 1.17. The molecule has 0 radical (unpaired) electrons. The van der Waals surface area contributed by atoms with Crippen LogP contribution in [-0.2, 0) is 7.05 Å². The Hall–Kier alpha value is -0.760. The Bertz CT molecular complexity index is 237. The lowest BCUT2D eigenvalue weighted by molar-refractivity contribution is -0.671. The molecule has 1 aromatic rings. The van der Waals surface area contributed by atoms with Crippen LogP contribution in [-0.4, -0.2) is 7.11 Å². The van der Waals surface area contributed by atoms with Gasteiger partial charge in [-0.3, -0.25) is 0 Å². The fourth-order valence-electron chi connectivity index (χ4n) is 0.705. The predicted molar refractivity (Wildman–Crippen MR) is 39.2 cm³/mol. The van der Waals surface area contributed by atoms with Gasteiger partial charge in [0.25, 0.3) is 0 Å². The van der Waals surface area contributed by atoms with Crippen molar-refractivity contribution < 1.29 is 9.30 Å². The van der Waals surface area contributed by atoms with E-state index in [1.165, 1.54) is 0 Å². The van der Waals surface area contributed by atoms with Gasteiger partial charge in [0.15, 0.2) is 6.20 Å². The molecule has 54 valence electrons. The summed E-state index contributed by atoms with van der Waals surface area (Å²) in [6.07, 6.45) is 3.69. The van der Waals surface area contributed by atoms with Crippen molar-refractivity contribution in [3.8, 4) is 5.75 Å². The van der Waals surface area contributed by atoms with E-state index >= 15 is 0 Å². The van der Waals surface area contributed by atoms with Crippen molar-refractivity contribution in [2.75, 3.05) is 7.11 Å². The van der Waals surface area contributed by atoms with E-state index in [-0.39, 0.29) is 0 Å². The quantitative estimate of drug-likeness (QED) is 0.560. The van der Waals surface area contributed by atoms with Crippen LogP contribution in [0.4, 0.5) is 0 Å². The van der Waals surface area contributed by atoms with E-state index in [0.29, 0.717) is 10.8 Å². The number of hydrogen-bond donors (Lipinski definition) is 0. The van der Waals surface area contributed by atoms with Gasteiger partial charge in [-0.05, 0) is 0 Å². The van der Waals surface area contributed by atoms with Gasteiger partial charge < -0.3 is 4.74 Å². The molecule has 0 spiro atoms. The number of aromatic nitrogens is 1. The van der Waals surface area contributed by atoms with Crippen LogP contribution in [0.3, 0.4) is 0 Å². The zero-order valence-corrected chi connectivity index (χ0v) is 6.72. The Balaban J connectivity index is 3.09. The van der Waals surface area contributed by atoms with E-state index in [2.05, 4.69) is 0 Å². The third kappa shape index (κ3) is 1.39. The lowest BCUT2D eigenvalue weighted by Gasteiger charge is -1.97. The average molecular weight is 159 g/mol. The number of hydrogen-bond acceptors (Lipinski definition) is 1. The normalized spacial score (nSPS) is 9.50. The molecule has 0 N–H and O–H groups in total. The summed E-state index contributed by atoms with van der Waals surface area (Å²) in [7, 11) is 3.51. The van der Waals surface area contributed by atoms with E-state index in [1.54, 1.807) is 13.2 Å². The molecule has 0 aliphatic heterocycles. The summed E-state index contributed by atoms with van der Waals surface area (Å²) < 4.78 is 6.85. The van der Waals surface area contributed by atoms with Gasteiger partial charge in [-0.15, -0.1) is 0 Å². The molecule has 0 aromatic carbocycles. The van der Waals surface area contributed by atoms with Gasteiger partial charge in [-0.2, -0.15) is 0 Å². The molecule has 3 heteroatoms. The van der Waals surface area contributed by atoms with Gasteiger partial charge in [-0.1, -0.05) is 11.6 Å². The molecule has 1 heterocycles. The van der Waals surface area contributed by atoms with Crippen molar-refractivity contribution in [2.45, 2.75) is 0 Å². The van der Waals surface area contributed by atoms with Crippen LogP contribution >= 0.6 is 11.6 Å². The summed E-state index contributed by atoms with van der Waals surface area (Å²) >= 11 is 5.76. The highest BCUT2D eigenvalue weighted by Gasteiger charge is 2.02. The number of aryl methyl sites for hydroxylation is 1. The monoisotopic (exact) mass is 158 g/mol. The number of methoxy groups -OCH3 is 1. The van der Waals surface area contributed by atoms with Gasteiger partial charge >= 0.3 is 0 Å². The minimum atomic E-state index is 0.639. The van der Waals surface area contributed by atoms with Crippen LogP contribution in [0.5, 0.6) is 5.75 Å². The fraction of sp³-hybridized carbons (Fsp3) is 0.286. The SMILES string of the molecule is COc1c[n+](C)ccc1Cl. The van der Waals surface area contributed by atoms with Gasteiger partial charge in [0, 0.05) is 6.07 Å². The molecular weight excluding hydrogens is 150 g/mol. The van der Waals surface area contributed by atoms with E-state index in [1.807, 2.05) is 24.0 Å². The van der Waals surface area contributed by atoms with Crippen molar-refractivity contribution in [1.82, 2.24) is 0 Å². The summed E-state index contributed by atoms with van der Waals surface area (Å²) in [6, 6.07) is 1.79. The Morgan fingerprint density at radius 3 is 2.80 bits per heavy atom. The van der Waals surface area contributed by atoms with E-state index < -0.39 is 0 Å². The van der Waals surface area contributed by atoms with Crippen molar-refractivity contribution in [3.05, 3.63) is 23.5 Å². The van der Waals surface area contributed by atoms with Crippen LogP contribution in [0.2, 0.25) is 5.02 Å². The third-order valence-electron chi connectivity index (χ3n) is 1.23. The summed E-state index contributed by atoms with van der Waals surface area (Å²) in [5.74, 6) is 0.701. The smallest absolute Gasteiger partial charge is 0.212 e. The summed E-state index contributed by atoms with van der Waals surface area (Å²) in [5, 5.41) is 0.639. The summed E-state index contributed by atoms with van der Waals surface area (Å²) in [5.41, 5.74) is 0. The summed E-state index contributed by atoms with van der Waals surface area (Å²) in [6.45, 7) is 0. The van der Waals surface area contributed by atoms with E-state index in [9.17, 15) is 0 Å². The maximum absolute atomic E-state index is 5.76. The number of ether oxygens (including phenoxy) is 1. The topological polar surface area (TPSA) is 13.1 Å². The maximum atomic E-state index is 5.76. The highest BCUT2D eigenvalue weighted by atomic mass is 35.5. The Kier molecular flexibility index (Phi) is 2.12. The maximum Gasteiger partial charge on any atom is 0.212 e. The van der Waals surface area contributed by atoms with E-state index in [0.717, 1.165) is 0 Å². The zero-order chi connectivity index (χ0) is 7.56. The summed E-state index contributed by atoms with van der Waals surface area (Å²) in [4.78, 5) is 0. The second-order valence-corrected chi connectivity index (χ2v) is 2.43. The molecule has 0 bridgehead atoms. The zero-order valence-electron chi connectivity index (χ0n) is 5.97. The second-order valence-electron chi connectivity index (χ2n) is 2.03. The molecule has 0 aliphatic carbocycles. The molecular formula is C7H9ClNO+. The highest BCUT2D eigenvalue weighted by molar-refractivity contribution is 6.31. The van der Waals surface area contributed by atoms with E-state index in [4.69, 9.17) is 16.3 Å². The molecule has 0 unspecified atom stereocenters. The van der Waals surface area contributed by atoms with Crippen LogP contribution in [0.15, 0.2) is 18.5 Å². The molecule has 10 heavy (non-hydrogen) atoms. The average Bonchev–Trinajstić information content (AvgIpc) is 1.94. The first-order chi connectivity index (χ1) is 4.74. The first-order valence-electron chi connectivity index (χ1n) is 2.93. The minimum absolute atomic E-state index is 0.639. The van der Waals surface area contributed by atoms with Gasteiger partial charge in [0.2, 0.25) is 11.9 Å². The van der Waals surface area contributed by atoms with Crippen molar-refractivity contribution in [2.24, 2.45) is 7.05 Å². The van der Waals surface area contributed by atoms with Crippen LogP contribution in [0, 0.1) is 0 Å². The molecule has 0 saturated heterocycles. The molecule has 0 amide bonds. The lowest BCUT2D eigenvalue weighted by Crippen LogP contribution is -2.26. The lowest BCUT2D eigenvalue weighted by atomic mass is 10.4. The van der Waals surface area contributed by atoms with Gasteiger partial charge in [0.05, 0.1) is 12.1 Å². The third-order valence-corrected chi connectivity index (χ3v) is 1.54. The number of halogens is 1. The second kappa shape index (κ2) is 2.88. The Morgan fingerprint density at radius 2 is 2.30 bits per heavy atom.